The summed E-state index contributed by atoms with van der Waals surface area (Å²) in [6, 6.07) is 6.21. The lowest BCUT2D eigenvalue weighted by molar-refractivity contribution is -0.121. The van der Waals surface area contributed by atoms with Gasteiger partial charge in [0.25, 0.3) is 0 Å². The molecule has 3 heterocycles. The number of para-hydroxylation sites is 1. The van der Waals surface area contributed by atoms with Crippen molar-refractivity contribution in [2.45, 2.75) is 51.7 Å². The molecule has 1 N–H and O–H groups in total. The number of ether oxygens (including phenoxy) is 1. The van der Waals surface area contributed by atoms with Crippen LogP contribution in [0.1, 0.15) is 40.0 Å². The van der Waals surface area contributed by atoms with Crippen molar-refractivity contribution in [3.63, 3.8) is 0 Å². The SMILES string of the molecule is CC(C)(C)OC(=O)N1CCC(N2CCCC(C(=O)Nc3nc4c(Br)cccc4s3)C2)C1. The van der Waals surface area contributed by atoms with Crippen molar-refractivity contribution in [3.05, 3.63) is 22.7 Å². The van der Waals surface area contributed by atoms with Gasteiger partial charge >= 0.3 is 6.09 Å². The summed E-state index contributed by atoms with van der Waals surface area (Å²) in [4.78, 5) is 34.1. The van der Waals surface area contributed by atoms with Crippen LogP contribution >= 0.6 is 27.3 Å². The van der Waals surface area contributed by atoms with Crippen molar-refractivity contribution < 1.29 is 14.3 Å². The Kier molecular flexibility index (Phi) is 6.55. The number of rotatable bonds is 3. The largest absolute Gasteiger partial charge is 0.444 e. The number of thiazole rings is 1. The summed E-state index contributed by atoms with van der Waals surface area (Å²) < 4.78 is 7.49. The third-order valence-electron chi connectivity index (χ3n) is 5.75. The van der Waals surface area contributed by atoms with E-state index < -0.39 is 5.60 Å². The first kappa shape index (κ1) is 22.5. The molecule has 7 nitrogen and oxygen atoms in total. The molecule has 2 atom stereocenters. The molecule has 2 aliphatic heterocycles. The van der Waals surface area contributed by atoms with Crippen LogP contribution in [0.4, 0.5) is 9.93 Å². The maximum atomic E-state index is 13.0. The van der Waals surface area contributed by atoms with Crippen LogP contribution in [0.25, 0.3) is 10.2 Å². The molecular weight excluding hydrogens is 480 g/mol. The van der Waals surface area contributed by atoms with Crippen LogP contribution in [0.2, 0.25) is 0 Å². The van der Waals surface area contributed by atoms with Crippen LogP contribution in [0.3, 0.4) is 0 Å². The summed E-state index contributed by atoms with van der Waals surface area (Å²) in [5.41, 5.74) is 0.390. The quantitative estimate of drug-likeness (QED) is 0.649. The number of halogens is 1. The Balaban J connectivity index is 1.34. The lowest BCUT2D eigenvalue weighted by Crippen LogP contribution is -2.47. The number of piperidine rings is 1. The summed E-state index contributed by atoms with van der Waals surface area (Å²) in [5.74, 6) is -0.0401. The van der Waals surface area contributed by atoms with Gasteiger partial charge in [-0.15, -0.1) is 0 Å². The molecular formula is C22H29BrN4O3S. The van der Waals surface area contributed by atoms with E-state index in [1.54, 1.807) is 4.90 Å². The number of aromatic nitrogens is 1. The van der Waals surface area contributed by atoms with Crippen molar-refractivity contribution in [2.75, 3.05) is 31.5 Å². The van der Waals surface area contributed by atoms with Crippen molar-refractivity contribution >= 4 is 54.6 Å². The Morgan fingerprint density at radius 3 is 2.77 bits per heavy atom. The fraction of sp³-hybridized carbons (Fsp3) is 0.591. The zero-order valence-electron chi connectivity index (χ0n) is 18.2. The number of anilines is 1. The minimum Gasteiger partial charge on any atom is -0.444 e. The van der Waals surface area contributed by atoms with Gasteiger partial charge in [0.1, 0.15) is 5.60 Å². The standard InChI is InChI=1S/C22H29BrN4O3S/c1-22(2,3)30-21(29)27-11-9-15(13-27)26-10-5-6-14(12-26)19(28)25-20-24-18-16(23)7-4-8-17(18)31-20/h4,7-8,14-15H,5-6,9-13H2,1-3H3,(H,24,25,28). The van der Waals surface area contributed by atoms with Gasteiger partial charge in [-0.3, -0.25) is 9.69 Å². The van der Waals surface area contributed by atoms with E-state index in [4.69, 9.17) is 4.74 Å². The lowest BCUT2D eigenvalue weighted by Gasteiger charge is -2.36. The summed E-state index contributed by atoms with van der Waals surface area (Å²) in [6.45, 7) is 8.70. The monoisotopic (exact) mass is 508 g/mol. The molecule has 1 aromatic carbocycles. The number of nitrogens with zero attached hydrogens (tertiary/aromatic N) is 3. The highest BCUT2D eigenvalue weighted by atomic mass is 79.9. The molecule has 4 rings (SSSR count). The Hall–Kier alpha value is -1.71. The topological polar surface area (TPSA) is 74.8 Å². The summed E-state index contributed by atoms with van der Waals surface area (Å²) >= 11 is 5.01. The Bertz CT molecular complexity index is 973. The smallest absolute Gasteiger partial charge is 0.410 e. The zero-order valence-corrected chi connectivity index (χ0v) is 20.6. The highest BCUT2D eigenvalue weighted by Gasteiger charge is 2.36. The van der Waals surface area contributed by atoms with Gasteiger partial charge in [-0.1, -0.05) is 17.4 Å². The van der Waals surface area contributed by atoms with Gasteiger partial charge in [0.05, 0.1) is 16.1 Å². The fourth-order valence-corrected chi connectivity index (χ4v) is 5.74. The average Bonchev–Trinajstić information content (AvgIpc) is 3.34. The molecule has 31 heavy (non-hydrogen) atoms. The van der Waals surface area contributed by atoms with Crippen LogP contribution in [0.5, 0.6) is 0 Å². The van der Waals surface area contributed by atoms with Crippen LogP contribution < -0.4 is 5.32 Å². The molecule has 2 aromatic rings. The molecule has 2 amide bonds. The first-order valence-electron chi connectivity index (χ1n) is 10.8. The van der Waals surface area contributed by atoms with Crippen LogP contribution in [-0.4, -0.2) is 64.6 Å². The highest BCUT2D eigenvalue weighted by molar-refractivity contribution is 9.10. The molecule has 0 bridgehead atoms. The number of nitrogens with one attached hydrogen (secondary N) is 1. The minimum absolute atomic E-state index is 0.0295. The molecule has 2 saturated heterocycles. The number of hydrogen-bond acceptors (Lipinski definition) is 6. The van der Waals surface area contributed by atoms with Gasteiger partial charge in [0.15, 0.2) is 5.13 Å². The molecule has 2 aliphatic rings. The third-order valence-corrected chi connectivity index (χ3v) is 7.33. The molecule has 2 fully saturated rings. The van der Waals surface area contributed by atoms with Crippen molar-refractivity contribution in [1.29, 1.82) is 0 Å². The minimum atomic E-state index is -0.486. The Labute approximate surface area is 195 Å². The normalized spacial score (nSPS) is 22.6. The lowest BCUT2D eigenvalue weighted by atomic mass is 9.95. The van der Waals surface area contributed by atoms with Crippen LogP contribution in [-0.2, 0) is 9.53 Å². The number of fused-ring (bicyclic) bond motifs is 1. The molecule has 168 valence electrons. The molecule has 9 heteroatoms. The summed E-state index contributed by atoms with van der Waals surface area (Å²) in [5, 5.41) is 3.67. The van der Waals surface area contributed by atoms with Crippen molar-refractivity contribution in [2.24, 2.45) is 5.92 Å². The van der Waals surface area contributed by atoms with E-state index in [-0.39, 0.29) is 24.0 Å². The summed E-state index contributed by atoms with van der Waals surface area (Å²) in [6.07, 6.45) is 2.52. The molecule has 0 saturated carbocycles. The number of carbonyl (C=O) groups is 2. The first-order valence-corrected chi connectivity index (χ1v) is 12.4. The van der Waals surface area contributed by atoms with Crippen LogP contribution in [0.15, 0.2) is 22.7 Å². The van der Waals surface area contributed by atoms with Gasteiger partial charge in [-0.25, -0.2) is 9.78 Å². The second-order valence-electron chi connectivity index (χ2n) is 9.30. The van der Waals surface area contributed by atoms with E-state index in [0.717, 1.165) is 40.5 Å². The van der Waals surface area contributed by atoms with Gasteiger partial charge in [0, 0.05) is 30.1 Å². The second-order valence-corrected chi connectivity index (χ2v) is 11.2. The van der Waals surface area contributed by atoms with E-state index in [0.29, 0.717) is 24.8 Å². The van der Waals surface area contributed by atoms with E-state index in [1.807, 2.05) is 39.0 Å². The van der Waals surface area contributed by atoms with Gasteiger partial charge in [0.2, 0.25) is 5.91 Å². The predicted octanol–water partition coefficient (Wildman–Crippen LogP) is 4.72. The first-order chi connectivity index (χ1) is 14.7. The van der Waals surface area contributed by atoms with Gasteiger partial charge in [-0.2, -0.15) is 0 Å². The fourth-order valence-electron chi connectivity index (χ4n) is 4.26. The number of benzene rings is 1. The average molecular weight is 509 g/mol. The number of hydrogen-bond donors (Lipinski definition) is 1. The summed E-state index contributed by atoms with van der Waals surface area (Å²) in [7, 11) is 0. The number of amides is 2. The maximum Gasteiger partial charge on any atom is 0.410 e. The third kappa shape index (κ3) is 5.38. The second kappa shape index (κ2) is 9.03. The Morgan fingerprint density at radius 2 is 2.03 bits per heavy atom. The predicted molar refractivity (Wildman–Crippen MR) is 126 cm³/mol. The molecule has 0 spiro atoms. The molecule has 1 aromatic heterocycles. The highest BCUT2D eigenvalue weighted by Crippen LogP contribution is 2.32. The van der Waals surface area contributed by atoms with E-state index >= 15 is 0 Å². The zero-order chi connectivity index (χ0) is 22.2. The Morgan fingerprint density at radius 1 is 1.23 bits per heavy atom. The maximum absolute atomic E-state index is 13.0. The molecule has 0 radical (unpaired) electrons. The number of carbonyl (C=O) groups excluding carboxylic acids is 2. The van der Waals surface area contributed by atoms with E-state index in [9.17, 15) is 9.59 Å². The van der Waals surface area contributed by atoms with E-state index in [1.165, 1.54) is 11.3 Å². The number of likely N-dealkylation sites (tertiary alicyclic amines) is 2. The molecule has 2 unspecified atom stereocenters. The molecule has 0 aliphatic carbocycles. The van der Waals surface area contributed by atoms with E-state index in [2.05, 4.69) is 31.1 Å². The van der Waals surface area contributed by atoms with Gasteiger partial charge < -0.3 is 15.0 Å². The van der Waals surface area contributed by atoms with Crippen molar-refractivity contribution in [1.82, 2.24) is 14.8 Å². The van der Waals surface area contributed by atoms with Gasteiger partial charge in [-0.05, 0) is 74.6 Å². The van der Waals surface area contributed by atoms with Crippen LogP contribution in [0, 0.1) is 5.92 Å². The van der Waals surface area contributed by atoms with Crippen molar-refractivity contribution in [3.8, 4) is 0 Å².